The fourth-order valence-corrected chi connectivity index (χ4v) is 6.77. The minimum Gasteiger partial charge on any atom is -0.320 e. The maximum Gasteiger partial charge on any atom is 0.267 e. The van der Waals surface area contributed by atoms with Crippen LogP contribution >= 0.6 is 0 Å². The molecule has 0 saturated carbocycles. The van der Waals surface area contributed by atoms with Crippen molar-refractivity contribution in [1.29, 1.82) is 0 Å². The highest BCUT2D eigenvalue weighted by Crippen LogP contribution is 2.64. The Hall–Kier alpha value is -3.02. The van der Waals surface area contributed by atoms with Crippen molar-refractivity contribution >= 4 is 11.4 Å². The third kappa shape index (κ3) is 4.51. The number of allylic oxidation sites excluding steroid dienone is 8. The van der Waals surface area contributed by atoms with Crippen LogP contribution in [0.2, 0.25) is 0 Å². The number of hydrogen-bond acceptors (Lipinski definition) is 2. The molecule has 1 aliphatic carbocycles. The molecule has 1 aromatic carbocycles. The van der Waals surface area contributed by atoms with E-state index in [4.69, 9.17) is 0 Å². The number of halogens is 4. The lowest BCUT2D eigenvalue weighted by atomic mass is 9.63. The summed E-state index contributed by atoms with van der Waals surface area (Å²) in [7, 11) is 0. The molecular weight excluding hydrogens is 536 g/mol. The first-order valence-electron chi connectivity index (χ1n) is 14.6. The second kappa shape index (κ2) is 10.6. The van der Waals surface area contributed by atoms with Crippen molar-refractivity contribution in [3.8, 4) is 0 Å². The molecule has 2 aliphatic rings. The van der Waals surface area contributed by atoms with E-state index in [0.717, 1.165) is 5.70 Å². The van der Waals surface area contributed by atoms with Crippen molar-refractivity contribution < 1.29 is 17.6 Å². The van der Waals surface area contributed by atoms with E-state index >= 15 is 17.6 Å². The summed E-state index contributed by atoms with van der Waals surface area (Å²) in [6.07, 6.45) is 7.12. The van der Waals surface area contributed by atoms with Gasteiger partial charge in [0.2, 0.25) is 0 Å². The number of rotatable bonds is 7. The number of nitrogens with zero attached hydrogens (tertiary/aromatic N) is 2. The molecule has 1 heterocycles. The fourth-order valence-electron chi connectivity index (χ4n) is 6.77. The van der Waals surface area contributed by atoms with Gasteiger partial charge in [-0.15, -0.1) is 0 Å². The van der Waals surface area contributed by atoms with E-state index in [1.165, 1.54) is 0 Å². The SMILES string of the molecule is C=C/C=C/N(C1=C(C)C(C)(C)C(F)(F)C1(C)C)c1cccc(N2C(=C)C(C)(C)C(F)(F)C(C)(CC)C/C(C=C)=C\2C)c1. The highest BCUT2D eigenvalue weighted by atomic mass is 19.3. The molecule has 3 rings (SSSR count). The molecule has 1 aromatic rings. The zero-order valence-electron chi connectivity index (χ0n) is 27.1. The minimum absolute atomic E-state index is 0.150. The van der Waals surface area contributed by atoms with E-state index < -0.39 is 33.5 Å². The van der Waals surface area contributed by atoms with Crippen LogP contribution in [0.4, 0.5) is 28.9 Å². The first-order chi connectivity index (χ1) is 19.1. The Morgan fingerprint density at radius 1 is 0.905 bits per heavy atom. The predicted molar refractivity (Wildman–Crippen MR) is 170 cm³/mol. The lowest BCUT2D eigenvalue weighted by Gasteiger charge is -2.51. The van der Waals surface area contributed by atoms with Crippen LogP contribution in [-0.4, -0.2) is 11.8 Å². The Kier molecular flexibility index (Phi) is 8.45. The van der Waals surface area contributed by atoms with E-state index in [2.05, 4.69) is 19.7 Å². The number of alkyl halides is 4. The lowest BCUT2D eigenvalue weighted by Crippen LogP contribution is -2.54. The van der Waals surface area contributed by atoms with Gasteiger partial charge >= 0.3 is 0 Å². The molecule has 2 nitrogen and oxygen atoms in total. The van der Waals surface area contributed by atoms with E-state index in [1.54, 1.807) is 96.5 Å². The van der Waals surface area contributed by atoms with E-state index in [9.17, 15) is 0 Å². The van der Waals surface area contributed by atoms with Gasteiger partial charge in [-0.2, -0.15) is 0 Å². The Bertz CT molecular complexity index is 1370. The first kappa shape index (κ1) is 33.5. The molecule has 0 spiro atoms. The maximum atomic E-state index is 16.4. The van der Waals surface area contributed by atoms with Crippen LogP contribution < -0.4 is 9.80 Å². The summed E-state index contributed by atoms with van der Waals surface area (Å²) in [4.78, 5) is 3.55. The zero-order valence-corrected chi connectivity index (χ0v) is 27.1. The minimum atomic E-state index is -3.09. The van der Waals surface area contributed by atoms with Gasteiger partial charge in [-0.3, -0.25) is 0 Å². The van der Waals surface area contributed by atoms with Gasteiger partial charge in [0.15, 0.2) is 0 Å². The van der Waals surface area contributed by atoms with Crippen LogP contribution in [0.1, 0.15) is 82.1 Å². The average molecular weight is 585 g/mol. The van der Waals surface area contributed by atoms with Crippen LogP contribution in [-0.2, 0) is 0 Å². The summed E-state index contributed by atoms with van der Waals surface area (Å²) in [6.45, 7) is 28.4. The topological polar surface area (TPSA) is 6.48 Å². The standard InChI is InChI=1S/C36H48F4N2/c1-14-17-21-41(30-24(4)31(7,8)35(37,38)33(30,11)12)28-19-18-20-29(22-28)42-25(5)27(15-2)23-34(13,16-3)36(39,40)32(9,10)26(42)6/h14-15,17-22H,1-2,6,16,23H2,3-5,7-13H3/b21-17+,27-25-. The van der Waals surface area contributed by atoms with Crippen molar-refractivity contribution in [1.82, 2.24) is 0 Å². The molecule has 0 N–H and O–H groups in total. The lowest BCUT2D eigenvalue weighted by molar-refractivity contribution is -0.182. The Balaban J connectivity index is 2.33. The summed E-state index contributed by atoms with van der Waals surface area (Å²) in [5, 5.41) is 0. The maximum absolute atomic E-state index is 16.4. The summed E-state index contributed by atoms with van der Waals surface area (Å²) in [5.41, 5.74) is -1.76. The molecule has 0 fully saturated rings. The van der Waals surface area contributed by atoms with Crippen LogP contribution in [0.15, 0.2) is 96.7 Å². The molecule has 1 aliphatic heterocycles. The largest absolute Gasteiger partial charge is 0.320 e. The van der Waals surface area contributed by atoms with Gasteiger partial charge in [0.05, 0.1) is 16.2 Å². The number of hydrogen-bond donors (Lipinski definition) is 0. The normalized spacial score (nSPS) is 28.0. The molecule has 1 atom stereocenters. The van der Waals surface area contributed by atoms with Gasteiger partial charge in [-0.1, -0.05) is 65.7 Å². The Morgan fingerprint density at radius 3 is 1.98 bits per heavy atom. The predicted octanol–water partition coefficient (Wildman–Crippen LogP) is 11.4. The second-order valence-electron chi connectivity index (χ2n) is 13.7. The van der Waals surface area contributed by atoms with Gasteiger partial charge in [-0.25, -0.2) is 17.6 Å². The van der Waals surface area contributed by atoms with Gasteiger partial charge < -0.3 is 9.80 Å². The van der Waals surface area contributed by atoms with Crippen LogP contribution in [0, 0.1) is 21.7 Å². The molecule has 6 heteroatoms. The second-order valence-corrected chi connectivity index (χ2v) is 13.7. The molecule has 0 saturated heterocycles. The summed E-state index contributed by atoms with van der Waals surface area (Å²) in [6, 6.07) is 7.33. The monoisotopic (exact) mass is 584 g/mol. The summed E-state index contributed by atoms with van der Waals surface area (Å²) < 4.78 is 64.6. The van der Waals surface area contributed by atoms with Gasteiger partial charge in [0.25, 0.3) is 11.8 Å². The van der Waals surface area contributed by atoms with Crippen molar-refractivity contribution in [2.24, 2.45) is 21.7 Å². The highest BCUT2D eigenvalue weighted by Gasteiger charge is 2.66. The van der Waals surface area contributed by atoms with Crippen molar-refractivity contribution in [3.63, 3.8) is 0 Å². The van der Waals surface area contributed by atoms with Crippen LogP contribution in [0.5, 0.6) is 0 Å². The fraction of sp³-hybridized carbons (Fsp3) is 0.500. The van der Waals surface area contributed by atoms with Crippen molar-refractivity contribution in [2.45, 2.75) is 93.9 Å². The average Bonchev–Trinajstić information content (AvgIpc) is 3.00. The van der Waals surface area contributed by atoms with Crippen LogP contribution in [0.3, 0.4) is 0 Å². The van der Waals surface area contributed by atoms with E-state index in [0.29, 0.717) is 28.2 Å². The van der Waals surface area contributed by atoms with Crippen molar-refractivity contribution in [2.75, 3.05) is 9.80 Å². The zero-order chi connectivity index (χ0) is 32.3. The summed E-state index contributed by atoms with van der Waals surface area (Å²) >= 11 is 0. The van der Waals surface area contributed by atoms with E-state index in [1.807, 2.05) is 31.2 Å². The smallest absolute Gasteiger partial charge is 0.267 e. The van der Waals surface area contributed by atoms with Gasteiger partial charge in [0, 0.05) is 40.1 Å². The molecule has 0 aromatic heterocycles. The molecule has 0 amide bonds. The van der Waals surface area contributed by atoms with E-state index in [-0.39, 0.29) is 18.5 Å². The quantitative estimate of drug-likeness (QED) is 0.232. The molecular formula is C36H48F4N2. The van der Waals surface area contributed by atoms with Crippen LogP contribution in [0.25, 0.3) is 0 Å². The third-order valence-electron chi connectivity index (χ3n) is 10.4. The Morgan fingerprint density at radius 2 is 1.50 bits per heavy atom. The number of anilines is 2. The third-order valence-corrected chi connectivity index (χ3v) is 10.4. The molecule has 1 unspecified atom stereocenters. The molecule has 0 bridgehead atoms. The summed E-state index contributed by atoms with van der Waals surface area (Å²) in [5.74, 6) is -6.11. The van der Waals surface area contributed by atoms with Gasteiger partial charge in [0.1, 0.15) is 0 Å². The highest BCUT2D eigenvalue weighted by molar-refractivity contribution is 5.70. The molecule has 230 valence electrons. The first-order valence-corrected chi connectivity index (χ1v) is 14.6. The number of benzene rings is 1. The molecule has 42 heavy (non-hydrogen) atoms. The Labute approximate surface area is 250 Å². The van der Waals surface area contributed by atoms with Crippen molar-refractivity contribution in [3.05, 3.63) is 96.7 Å². The molecule has 0 radical (unpaired) electrons. The van der Waals surface area contributed by atoms with Gasteiger partial charge in [-0.05, 0) is 89.8 Å².